The van der Waals surface area contributed by atoms with Crippen LogP contribution < -0.4 is 5.48 Å². The highest BCUT2D eigenvalue weighted by Gasteiger charge is 2.07. The molecule has 1 aromatic carbocycles. The lowest BCUT2D eigenvalue weighted by atomic mass is 10.3. The van der Waals surface area contributed by atoms with Crippen molar-refractivity contribution in [1.82, 2.24) is 10.5 Å². The van der Waals surface area contributed by atoms with Crippen LogP contribution in [-0.2, 0) is 0 Å². The van der Waals surface area contributed by atoms with Gasteiger partial charge in [0.1, 0.15) is 11.5 Å². The Morgan fingerprint density at radius 1 is 1.56 bits per heavy atom. The zero-order valence-corrected chi connectivity index (χ0v) is 10.9. The second-order valence-corrected chi connectivity index (χ2v) is 4.89. The second kappa shape index (κ2) is 5.43. The average molecular weight is 286 g/mol. The van der Waals surface area contributed by atoms with Crippen LogP contribution in [0.1, 0.15) is 10.7 Å². The monoisotopic (exact) mass is 285 g/mol. The number of rotatable bonds is 2. The third-order valence-electron chi connectivity index (χ3n) is 2.11. The van der Waals surface area contributed by atoms with Gasteiger partial charge in [0.25, 0.3) is 0 Å². The van der Waals surface area contributed by atoms with Crippen molar-refractivity contribution in [2.24, 2.45) is 4.99 Å². The summed E-state index contributed by atoms with van der Waals surface area (Å²) < 4.78 is 13.0. The molecule has 0 amide bonds. The van der Waals surface area contributed by atoms with Crippen LogP contribution in [0.15, 0.2) is 28.6 Å². The average Bonchev–Trinajstić information content (AvgIpc) is 2.77. The van der Waals surface area contributed by atoms with E-state index in [1.54, 1.807) is 5.38 Å². The van der Waals surface area contributed by atoms with Crippen molar-refractivity contribution < 1.29 is 9.60 Å². The minimum absolute atomic E-state index is 0.0250. The Labute approximate surface area is 112 Å². The fourth-order valence-electron chi connectivity index (χ4n) is 1.30. The molecule has 0 aliphatic carbocycles. The molecule has 2 aromatic rings. The Kier molecular flexibility index (Phi) is 3.90. The van der Waals surface area contributed by atoms with Crippen molar-refractivity contribution in [1.29, 1.82) is 0 Å². The lowest BCUT2D eigenvalue weighted by Crippen LogP contribution is -2.20. The Balaban J connectivity index is 2.37. The van der Waals surface area contributed by atoms with Crippen molar-refractivity contribution in [2.75, 3.05) is 0 Å². The molecule has 1 heterocycles. The highest BCUT2D eigenvalue weighted by atomic mass is 35.5. The summed E-state index contributed by atoms with van der Waals surface area (Å²) in [7, 11) is 0. The van der Waals surface area contributed by atoms with E-state index in [0.29, 0.717) is 11.4 Å². The smallest absolute Gasteiger partial charge is 0.177 e. The summed E-state index contributed by atoms with van der Waals surface area (Å²) in [6.45, 7) is 1.85. The zero-order valence-electron chi connectivity index (χ0n) is 9.32. The van der Waals surface area contributed by atoms with Gasteiger partial charge in [-0.2, -0.15) is 0 Å². The van der Waals surface area contributed by atoms with Gasteiger partial charge in [-0.25, -0.2) is 14.4 Å². The van der Waals surface area contributed by atoms with Gasteiger partial charge in [-0.1, -0.05) is 11.6 Å². The fourth-order valence-corrected chi connectivity index (χ4v) is 2.07. The molecule has 0 aliphatic rings. The quantitative estimate of drug-likeness (QED) is 0.506. The number of aliphatic imine (C=N–C) groups is 1. The van der Waals surface area contributed by atoms with Crippen molar-refractivity contribution in [3.63, 3.8) is 0 Å². The number of aryl methyl sites for hydroxylation is 1. The molecule has 0 aliphatic heterocycles. The molecule has 7 heteroatoms. The molecule has 0 fully saturated rings. The summed E-state index contributed by atoms with van der Waals surface area (Å²) in [6.07, 6.45) is 0. The topological polar surface area (TPSA) is 57.5 Å². The summed E-state index contributed by atoms with van der Waals surface area (Å²) in [6, 6.07) is 4.04. The summed E-state index contributed by atoms with van der Waals surface area (Å²) >= 11 is 7.09. The molecule has 2 rings (SSSR count). The van der Waals surface area contributed by atoms with Crippen molar-refractivity contribution in [3.8, 4) is 0 Å². The summed E-state index contributed by atoms with van der Waals surface area (Å²) in [5, 5.41) is 11.6. The van der Waals surface area contributed by atoms with Crippen LogP contribution in [0.3, 0.4) is 0 Å². The van der Waals surface area contributed by atoms with Crippen LogP contribution in [0.5, 0.6) is 0 Å². The second-order valence-electron chi connectivity index (χ2n) is 3.42. The van der Waals surface area contributed by atoms with Crippen LogP contribution in [0.25, 0.3) is 0 Å². The van der Waals surface area contributed by atoms with Gasteiger partial charge < -0.3 is 0 Å². The van der Waals surface area contributed by atoms with Gasteiger partial charge in [0.05, 0.1) is 15.7 Å². The van der Waals surface area contributed by atoms with E-state index in [9.17, 15) is 4.39 Å². The van der Waals surface area contributed by atoms with E-state index >= 15 is 0 Å². The Bertz CT molecular complexity index is 600. The van der Waals surface area contributed by atoms with Gasteiger partial charge in [0, 0.05) is 5.38 Å². The number of hydroxylamine groups is 1. The molecule has 18 heavy (non-hydrogen) atoms. The maximum absolute atomic E-state index is 13.0. The molecule has 0 saturated carbocycles. The lowest BCUT2D eigenvalue weighted by molar-refractivity contribution is 0.235. The standard InChI is InChI=1S/C11H9ClFN3OS/c1-6-14-10(5-18-6)11(16-17)15-7-2-3-9(13)8(12)4-7/h2-5,17H,1H3,(H,15,16). The predicted molar refractivity (Wildman–Crippen MR) is 69.4 cm³/mol. The van der Waals surface area contributed by atoms with E-state index in [-0.39, 0.29) is 10.9 Å². The number of aromatic nitrogens is 1. The number of hydrogen-bond donors (Lipinski definition) is 2. The van der Waals surface area contributed by atoms with Gasteiger partial charge in [-0.3, -0.25) is 10.7 Å². The molecule has 0 saturated heterocycles. The molecule has 0 bridgehead atoms. The molecule has 1 aromatic heterocycles. The van der Waals surface area contributed by atoms with E-state index in [2.05, 4.69) is 9.98 Å². The van der Waals surface area contributed by atoms with E-state index in [4.69, 9.17) is 16.8 Å². The molecule has 0 spiro atoms. The van der Waals surface area contributed by atoms with Gasteiger partial charge in [-0.05, 0) is 25.1 Å². The first-order chi connectivity index (χ1) is 8.60. The fraction of sp³-hybridized carbons (Fsp3) is 0.0909. The molecule has 2 N–H and O–H groups in total. The number of amidine groups is 1. The van der Waals surface area contributed by atoms with E-state index in [0.717, 1.165) is 5.01 Å². The van der Waals surface area contributed by atoms with E-state index in [1.165, 1.54) is 29.5 Å². The third kappa shape index (κ3) is 2.84. The Morgan fingerprint density at radius 2 is 2.33 bits per heavy atom. The van der Waals surface area contributed by atoms with Crippen LogP contribution >= 0.6 is 22.9 Å². The minimum Gasteiger partial charge on any atom is -0.290 e. The van der Waals surface area contributed by atoms with Crippen molar-refractivity contribution in [3.05, 3.63) is 45.1 Å². The Morgan fingerprint density at radius 3 is 2.89 bits per heavy atom. The molecule has 0 radical (unpaired) electrons. The third-order valence-corrected chi connectivity index (χ3v) is 3.17. The molecule has 0 unspecified atom stereocenters. The van der Waals surface area contributed by atoms with Gasteiger partial charge in [0.2, 0.25) is 0 Å². The van der Waals surface area contributed by atoms with Crippen LogP contribution in [-0.4, -0.2) is 16.0 Å². The maximum Gasteiger partial charge on any atom is 0.177 e. The first-order valence-electron chi connectivity index (χ1n) is 4.96. The van der Waals surface area contributed by atoms with Gasteiger partial charge in [-0.15, -0.1) is 11.3 Å². The highest BCUT2D eigenvalue weighted by molar-refractivity contribution is 7.09. The van der Waals surface area contributed by atoms with Gasteiger partial charge >= 0.3 is 0 Å². The Hall–Kier alpha value is -1.50. The van der Waals surface area contributed by atoms with Crippen LogP contribution in [0, 0.1) is 12.7 Å². The van der Waals surface area contributed by atoms with E-state index in [1.807, 2.05) is 12.4 Å². The first-order valence-corrected chi connectivity index (χ1v) is 6.22. The van der Waals surface area contributed by atoms with Crippen molar-refractivity contribution in [2.45, 2.75) is 6.92 Å². The molecule has 0 atom stereocenters. The van der Waals surface area contributed by atoms with Gasteiger partial charge in [0.15, 0.2) is 5.84 Å². The largest absolute Gasteiger partial charge is 0.290 e. The number of benzene rings is 1. The number of hydrogen-bond acceptors (Lipinski definition) is 4. The zero-order chi connectivity index (χ0) is 13.1. The van der Waals surface area contributed by atoms with Crippen LogP contribution in [0.4, 0.5) is 10.1 Å². The number of thiazole rings is 1. The molecule has 4 nitrogen and oxygen atoms in total. The number of nitrogens with one attached hydrogen (secondary N) is 1. The van der Waals surface area contributed by atoms with Crippen LogP contribution in [0.2, 0.25) is 5.02 Å². The molecule has 94 valence electrons. The maximum atomic E-state index is 13.0. The summed E-state index contributed by atoms with van der Waals surface area (Å²) in [5.41, 5.74) is 2.91. The van der Waals surface area contributed by atoms with E-state index < -0.39 is 5.82 Å². The molecular weight excluding hydrogens is 277 g/mol. The summed E-state index contributed by atoms with van der Waals surface area (Å²) in [4.78, 5) is 8.29. The normalized spacial score (nSPS) is 11.7. The number of nitrogens with zero attached hydrogens (tertiary/aromatic N) is 2. The number of halogens is 2. The minimum atomic E-state index is -0.515. The first kappa shape index (κ1) is 12.9. The predicted octanol–water partition coefficient (Wildman–Crippen LogP) is 3.30. The summed E-state index contributed by atoms with van der Waals surface area (Å²) in [5.74, 6) is -0.333. The highest BCUT2D eigenvalue weighted by Crippen LogP contribution is 2.22. The SMILES string of the molecule is Cc1nc(C(=Nc2ccc(F)c(Cl)c2)NO)cs1. The lowest BCUT2D eigenvalue weighted by Gasteiger charge is -2.02. The molecular formula is C11H9ClFN3OS. The van der Waals surface area contributed by atoms with Crippen molar-refractivity contribution >= 4 is 34.5 Å².